The molecule has 7 heteroatoms. The summed E-state index contributed by atoms with van der Waals surface area (Å²) in [6, 6.07) is 10.9. The molecular formula is C19H20N2O5. The average Bonchev–Trinajstić information content (AvgIpc) is 2.66. The van der Waals surface area contributed by atoms with Gasteiger partial charge >= 0.3 is 5.97 Å². The third-order valence-electron chi connectivity index (χ3n) is 4.16. The minimum atomic E-state index is -0.749. The van der Waals surface area contributed by atoms with Gasteiger partial charge in [-0.25, -0.2) is 4.79 Å². The third-order valence-corrected chi connectivity index (χ3v) is 4.16. The molecule has 0 aliphatic rings. The normalized spacial score (nSPS) is 11.5. The molecule has 2 aromatic carbocycles. The van der Waals surface area contributed by atoms with E-state index in [0.29, 0.717) is 11.6 Å². The van der Waals surface area contributed by atoms with Gasteiger partial charge in [0.1, 0.15) is 0 Å². The smallest absolute Gasteiger partial charge is 0.338 e. The highest BCUT2D eigenvalue weighted by atomic mass is 16.6. The number of nitrogens with one attached hydrogen (secondary N) is 1. The first-order chi connectivity index (χ1) is 12.3. The molecule has 7 nitrogen and oxygen atoms in total. The lowest BCUT2D eigenvalue weighted by molar-refractivity contribution is -0.384. The zero-order valence-corrected chi connectivity index (χ0v) is 14.8. The number of nitrogens with zero attached hydrogens (tertiary/aromatic N) is 1. The summed E-state index contributed by atoms with van der Waals surface area (Å²) in [5, 5.41) is 13.7. The summed E-state index contributed by atoms with van der Waals surface area (Å²) in [5.74, 6) is -0.880. The number of carbonyl (C=O) groups is 2. The van der Waals surface area contributed by atoms with Crippen LogP contribution in [0.2, 0.25) is 0 Å². The largest absolute Gasteiger partial charge is 0.465 e. The number of hydrogen-bond donors (Lipinski definition) is 1. The Kier molecular flexibility index (Phi) is 6.06. The third kappa shape index (κ3) is 4.44. The van der Waals surface area contributed by atoms with E-state index in [1.165, 1.54) is 13.2 Å². The predicted octanol–water partition coefficient (Wildman–Crippen LogP) is 4.15. The fourth-order valence-corrected chi connectivity index (χ4v) is 2.42. The maximum absolute atomic E-state index is 12.4. The number of non-ortho nitro benzene ring substituents is 1. The molecule has 1 N–H and O–H groups in total. The molecule has 0 aromatic heterocycles. The Labute approximate surface area is 151 Å². The summed E-state index contributed by atoms with van der Waals surface area (Å²) in [6.45, 7) is 4.21. The van der Waals surface area contributed by atoms with Crippen LogP contribution in [-0.4, -0.2) is 23.9 Å². The van der Waals surface area contributed by atoms with Crippen molar-refractivity contribution in [2.45, 2.75) is 26.2 Å². The van der Waals surface area contributed by atoms with Gasteiger partial charge in [0.05, 0.1) is 17.6 Å². The number of rotatable bonds is 6. The van der Waals surface area contributed by atoms with Gasteiger partial charge in [-0.1, -0.05) is 26.0 Å². The number of ether oxygens (including phenoxy) is 1. The number of esters is 1. The summed E-state index contributed by atoms with van der Waals surface area (Å²) in [6.07, 6.45) is 1.01. The molecule has 2 aromatic rings. The van der Waals surface area contributed by atoms with Crippen LogP contribution in [0.25, 0.3) is 0 Å². The molecule has 0 saturated carbocycles. The number of methoxy groups -OCH3 is 1. The Balaban J connectivity index is 2.27. The summed E-state index contributed by atoms with van der Waals surface area (Å²) in [7, 11) is 1.17. The van der Waals surface area contributed by atoms with Gasteiger partial charge in [-0.2, -0.15) is 0 Å². The van der Waals surface area contributed by atoms with E-state index < -0.39 is 16.8 Å². The number of anilines is 1. The predicted molar refractivity (Wildman–Crippen MR) is 97.5 cm³/mol. The molecule has 0 aliphatic carbocycles. The SMILES string of the molecule is CC[C@H](C)c1ccc(NC(=O)c2cc(C(=O)OC)cc([N+](=O)[O-])c2)cc1. The second kappa shape index (κ2) is 8.24. The molecule has 0 radical (unpaired) electrons. The highest BCUT2D eigenvalue weighted by Crippen LogP contribution is 2.22. The topological polar surface area (TPSA) is 98.5 Å². The van der Waals surface area contributed by atoms with Crippen molar-refractivity contribution in [2.24, 2.45) is 0 Å². The van der Waals surface area contributed by atoms with E-state index in [-0.39, 0.29) is 16.8 Å². The molecule has 1 atom stereocenters. The van der Waals surface area contributed by atoms with Crippen molar-refractivity contribution in [3.63, 3.8) is 0 Å². The van der Waals surface area contributed by atoms with Crippen LogP contribution < -0.4 is 5.32 Å². The van der Waals surface area contributed by atoms with Crippen LogP contribution in [0.3, 0.4) is 0 Å². The minimum absolute atomic E-state index is 0.00519. The van der Waals surface area contributed by atoms with Crippen molar-refractivity contribution in [1.82, 2.24) is 0 Å². The van der Waals surface area contributed by atoms with Crippen LogP contribution in [-0.2, 0) is 4.74 Å². The van der Waals surface area contributed by atoms with Gasteiger partial charge in [-0.3, -0.25) is 14.9 Å². The van der Waals surface area contributed by atoms with Gasteiger partial charge < -0.3 is 10.1 Å². The van der Waals surface area contributed by atoms with Crippen LogP contribution in [0.1, 0.15) is 52.5 Å². The number of amides is 1. The molecule has 2 rings (SSSR count). The molecule has 0 fully saturated rings. The second-order valence-electron chi connectivity index (χ2n) is 5.90. The van der Waals surface area contributed by atoms with Gasteiger partial charge in [0.2, 0.25) is 0 Å². The number of nitro benzene ring substituents is 1. The zero-order chi connectivity index (χ0) is 19.3. The first-order valence-corrected chi connectivity index (χ1v) is 8.14. The van der Waals surface area contributed by atoms with E-state index in [0.717, 1.165) is 24.1 Å². The van der Waals surface area contributed by atoms with Crippen molar-refractivity contribution in [2.75, 3.05) is 12.4 Å². The second-order valence-corrected chi connectivity index (χ2v) is 5.90. The first kappa shape index (κ1) is 19.1. The Morgan fingerprint density at radius 1 is 1.15 bits per heavy atom. The van der Waals surface area contributed by atoms with Gasteiger partial charge in [0, 0.05) is 23.4 Å². The Morgan fingerprint density at radius 3 is 2.31 bits per heavy atom. The van der Waals surface area contributed by atoms with Crippen molar-refractivity contribution in [3.8, 4) is 0 Å². The lowest BCUT2D eigenvalue weighted by Crippen LogP contribution is -2.14. The molecule has 136 valence electrons. The van der Waals surface area contributed by atoms with Gasteiger partial charge in [0.15, 0.2) is 0 Å². The molecule has 1 amide bonds. The first-order valence-electron chi connectivity index (χ1n) is 8.14. The maximum atomic E-state index is 12.4. The van der Waals surface area contributed by atoms with Crippen LogP contribution in [0.4, 0.5) is 11.4 Å². The van der Waals surface area contributed by atoms with E-state index in [9.17, 15) is 19.7 Å². The standard InChI is InChI=1S/C19H20N2O5/c1-4-12(2)13-5-7-16(8-6-13)20-18(22)14-9-15(19(23)26-3)11-17(10-14)21(24)25/h5-12H,4H2,1-3H3,(H,20,22)/t12-/m0/s1. The molecule has 0 spiro atoms. The number of carbonyl (C=O) groups excluding carboxylic acids is 2. The van der Waals surface area contributed by atoms with Crippen LogP contribution in [0.15, 0.2) is 42.5 Å². The quantitative estimate of drug-likeness (QED) is 0.476. The van der Waals surface area contributed by atoms with Crippen molar-refractivity contribution >= 4 is 23.3 Å². The van der Waals surface area contributed by atoms with E-state index in [2.05, 4.69) is 23.9 Å². The maximum Gasteiger partial charge on any atom is 0.338 e. The van der Waals surface area contributed by atoms with Gasteiger partial charge in [0.25, 0.3) is 11.6 Å². The van der Waals surface area contributed by atoms with E-state index in [1.807, 2.05) is 12.1 Å². The zero-order valence-electron chi connectivity index (χ0n) is 14.8. The summed E-state index contributed by atoms with van der Waals surface area (Å²) in [4.78, 5) is 34.5. The molecule has 0 unspecified atom stereocenters. The number of nitro groups is 1. The molecular weight excluding hydrogens is 336 g/mol. The van der Waals surface area contributed by atoms with Crippen LogP contribution in [0, 0.1) is 10.1 Å². The summed E-state index contributed by atoms with van der Waals surface area (Å²) < 4.78 is 4.58. The van der Waals surface area contributed by atoms with Gasteiger partial charge in [-0.15, -0.1) is 0 Å². The van der Waals surface area contributed by atoms with Crippen LogP contribution >= 0.6 is 0 Å². The monoisotopic (exact) mass is 356 g/mol. The fourth-order valence-electron chi connectivity index (χ4n) is 2.42. The highest BCUT2D eigenvalue weighted by molar-refractivity contribution is 6.06. The fraction of sp³-hybridized carbons (Fsp3) is 0.263. The molecule has 0 bridgehead atoms. The molecule has 0 saturated heterocycles. The van der Waals surface area contributed by atoms with Gasteiger partial charge in [-0.05, 0) is 36.1 Å². The molecule has 26 heavy (non-hydrogen) atoms. The Bertz CT molecular complexity index is 830. The summed E-state index contributed by atoms with van der Waals surface area (Å²) in [5.41, 5.74) is 1.32. The van der Waals surface area contributed by atoms with Crippen molar-refractivity contribution < 1.29 is 19.2 Å². The lowest BCUT2D eigenvalue weighted by atomic mass is 9.98. The van der Waals surface area contributed by atoms with E-state index >= 15 is 0 Å². The summed E-state index contributed by atoms with van der Waals surface area (Å²) >= 11 is 0. The van der Waals surface area contributed by atoms with Crippen LogP contribution in [0.5, 0.6) is 0 Å². The molecule has 0 aliphatic heterocycles. The van der Waals surface area contributed by atoms with Crippen molar-refractivity contribution in [3.05, 3.63) is 69.3 Å². The van der Waals surface area contributed by atoms with Crippen molar-refractivity contribution in [1.29, 1.82) is 0 Å². The molecule has 0 heterocycles. The Hall–Kier alpha value is -3.22. The highest BCUT2D eigenvalue weighted by Gasteiger charge is 2.18. The number of hydrogen-bond acceptors (Lipinski definition) is 5. The Morgan fingerprint density at radius 2 is 1.77 bits per heavy atom. The van der Waals surface area contributed by atoms with E-state index in [1.54, 1.807) is 12.1 Å². The lowest BCUT2D eigenvalue weighted by Gasteiger charge is -2.11. The average molecular weight is 356 g/mol. The minimum Gasteiger partial charge on any atom is -0.465 e. The van der Waals surface area contributed by atoms with E-state index in [4.69, 9.17) is 0 Å². The number of benzene rings is 2.